The summed E-state index contributed by atoms with van der Waals surface area (Å²) in [5, 5.41) is 2.86. The number of hydrogen-bond donors (Lipinski definition) is 1. The second kappa shape index (κ2) is 4.57. The van der Waals surface area contributed by atoms with E-state index < -0.39 is 0 Å². The Morgan fingerprint density at radius 3 is 2.65 bits per heavy atom. The van der Waals surface area contributed by atoms with Crippen molar-refractivity contribution in [2.24, 2.45) is 5.92 Å². The van der Waals surface area contributed by atoms with E-state index in [1.807, 2.05) is 24.3 Å². The maximum Gasteiger partial charge on any atom is 0.227 e. The van der Waals surface area contributed by atoms with E-state index >= 15 is 0 Å². The highest BCUT2D eigenvalue weighted by atomic mass is 16.2. The van der Waals surface area contributed by atoms with Crippen LogP contribution in [0, 0.1) is 5.92 Å². The first-order valence-corrected chi connectivity index (χ1v) is 5.73. The molecule has 1 aromatic carbocycles. The monoisotopic (exact) mass is 232 g/mol. The van der Waals surface area contributed by atoms with Crippen LogP contribution < -0.4 is 10.2 Å². The molecule has 0 bridgehead atoms. The Morgan fingerprint density at radius 1 is 1.35 bits per heavy atom. The van der Waals surface area contributed by atoms with Crippen LogP contribution in [0.25, 0.3) is 0 Å². The summed E-state index contributed by atoms with van der Waals surface area (Å²) in [4.78, 5) is 24.4. The second-order valence-electron chi connectivity index (χ2n) is 4.39. The van der Waals surface area contributed by atoms with Gasteiger partial charge < -0.3 is 10.2 Å². The SMILES string of the molecule is CC(=O)N(C)c1cccc(NC(=O)C2CC2)c1. The predicted molar refractivity (Wildman–Crippen MR) is 66.9 cm³/mol. The molecule has 1 saturated carbocycles. The van der Waals surface area contributed by atoms with Crippen molar-refractivity contribution in [3.05, 3.63) is 24.3 Å². The van der Waals surface area contributed by atoms with Crippen molar-refractivity contribution in [1.82, 2.24) is 0 Å². The van der Waals surface area contributed by atoms with Crippen LogP contribution in [-0.4, -0.2) is 18.9 Å². The van der Waals surface area contributed by atoms with Gasteiger partial charge >= 0.3 is 0 Å². The topological polar surface area (TPSA) is 49.4 Å². The lowest BCUT2D eigenvalue weighted by Crippen LogP contribution is -2.23. The van der Waals surface area contributed by atoms with Gasteiger partial charge in [-0.25, -0.2) is 0 Å². The summed E-state index contributed by atoms with van der Waals surface area (Å²) in [6, 6.07) is 7.31. The third-order valence-corrected chi connectivity index (χ3v) is 2.92. The smallest absolute Gasteiger partial charge is 0.227 e. The van der Waals surface area contributed by atoms with Gasteiger partial charge in [-0.05, 0) is 31.0 Å². The van der Waals surface area contributed by atoms with Gasteiger partial charge in [-0.3, -0.25) is 9.59 Å². The van der Waals surface area contributed by atoms with Crippen molar-refractivity contribution in [2.75, 3.05) is 17.3 Å². The van der Waals surface area contributed by atoms with E-state index in [-0.39, 0.29) is 17.7 Å². The van der Waals surface area contributed by atoms with Crippen molar-refractivity contribution in [1.29, 1.82) is 0 Å². The first-order valence-electron chi connectivity index (χ1n) is 5.73. The number of nitrogens with one attached hydrogen (secondary N) is 1. The van der Waals surface area contributed by atoms with Crippen LogP contribution in [0.15, 0.2) is 24.3 Å². The zero-order chi connectivity index (χ0) is 12.4. The normalized spacial score (nSPS) is 14.2. The predicted octanol–water partition coefficient (Wildman–Crippen LogP) is 2.02. The number of benzene rings is 1. The first-order chi connectivity index (χ1) is 8.08. The molecule has 4 nitrogen and oxygen atoms in total. The maximum atomic E-state index is 11.6. The number of hydrogen-bond acceptors (Lipinski definition) is 2. The lowest BCUT2D eigenvalue weighted by molar-refractivity contribution is -0.117. The van der Waals surface area contributed by atoms with Gasteiger partial charge in [0.05, 0.1) is 0 Å². The number of rotatable bonds is 3. The molecule has 0 aromatic heterocycles. The van der Waals surface area contributed by atoms with Crippen LogP contribution in [0.5, 0.6) is 0 Å². The van der Waals surface area contributed by atoms with Crippen LogP contribution in [0.4, 0.5) is 11.4 Å². The minimum absolute atomic E-state index is 0.0318. The molecule has 4 heteroatoms. The molecule has 17 heavy (non-hydrogen) atoms. The van der Waals surface area contributed by atoms with Crippen LogP contribution >= 0.6 is 0 Å². The molecule has 1 aliphatic carbocycles. The molecule has 0 unspecified atom stereocenters. The molecule has 1 N–H and O–H groups in total. The third-order valence-electron chi connectivity index (χ3n) is 2.92. The van der Waals surface area contributed by atoms with Crippen molar-refractivity contribution < 1.29 is 9.59 Å². The molecule has 0 radical (unpaired) electrons. The number of carbonyl (C=O) groups excluding carboxylic acids is 2. The molecule has 0 atom stereocenters. The third kappa shape index (κ3) is 2.84. The van der Waals surface area contributed by atoms with E-state index in [0.717, 1.165) is 24.2 Å². The quantitative estimate of drug-likeness (QED) is 0.866. The molecular formula is C13H16N2O2. The molecule has 2 rings (SSSR count). The number of amides is 2. The average Bonchev–Trinajstić information content (AvgIpc) is 3.12. The van der Waals surface area contributed by atoms with Gasteiger partial charge in [-0.2, -0.15) is 0 Å². The van der Waals surface area contributed by atoms with Gasteiger partial charge in [-0.1, -0.05) is 6.07 Å². The van der Waals surface area contributed by atoms with Crippen molar-refractivity contribution in [3.8, 4) is 0 Å². The lowest BCUT2D eigenvalue weighted by atomic mass is 10.2. The molecule has 0 heterocycles. The molecule has 1 aromatic rings. The molecule has 1 aliphatic rings. The van der Waals surface area contributed by atoms with E-state index in [9.17, 15) is 9.59 Å². The van der Waals surface area contributed by atoms with E-state index in [0.29, 0.717) is 0 Å². The van der Waals surface area contributed by atoms with Crippen LogP contribution in [0.3, 0.4) is 0 Å². The Morgan fingerprint density at radius 2 is 2.06 bits per heavy atom. The highest BCUT2D eigenvalue weighted by Crippen LogP contribution is 2.30. The molecule has 2 amide bonds. The number of anilines is 2. The summed E-state index contributed by atoms with van der Waals surface area (Å²) in [5.74, 6) is 0.229. The van der Waals surface area contributed by atoms with Crippen LogP contribution in [-0.2, 0) is 9.59 Å². The second-order valence-corrected chi connectivity index (χ2v) is 4.39. The standard InChI is InChI=1S/C13H16N2O2/c1-9(16)15(2)12-5-3-4-11(8-12)14-13(17)10-6-7-10/h3-5,8,10H,6-7H2,1-2H3,(H,14,17). The summed E-state index contributed by atoms with van der Waals surface area (Å²) >= 11 is 0. The van der Waals surface area contributed by atoms with Crippen molar-refractivity contribution >= 4 is 23.2 Å². The van der Waals surface area contributed by atoms with E-state index in [2.05, 4.69) is 5.32 Å². The van der Waals surface area contributed by atoms with E-state index in [1.54, 1.807) is 11.9 Å². The Kier molecular flexibility index (Phi) is 3.13. The number of carbonyl (C=O) groups is 2. The van der Waals surface area contributed by atoms with Gasteiger partial charge in [0.15, 0.2) is 0 Å². The fraction of sp³-hybridized carbons (Fsp3) is 0.385. The maximum absolute atomic E-state index is 11.6. The van der Waals surface area contributed by atoms with Crippen LogP contribution in [0.1, 0.15) is 19.8 Å². The highest BCUT2D eigenvalue weighted by molar-refractivity contribution is 5.96. The van der Waals surface area contributed by atoms with E-state index in [4.69, 9.17) is 0 Å². The van der Waals surface area contributed by atoms with E-state index in [1.165, 1.54) is 6.92 Å². The Balaban J connectivity index is 2.10. The first kappa shape index (κ1) is 11.6. The zero-order valence-corrected chi connectivity index (χ0v) is 10.1. The largest absolute Gasteiger partial charge is 0.326 e. The summed E-state index contributed by atoms with van der Waals surface area (Å²) in [6.45, 7) is 1.51. The van der Waals surface area contributed by atoms with Gasteiger partial charge in [0.1, 0.15) is 0 Å². The fourth-order valence-corrected chi connectivity index (χ4v) is 1.56. The Hall–Kier alpha value is -1.84. The van der Waals surface area contributed by atoms with Crippen molar-refractivity contribution in [2.45, 2.75) is 19.8 Å². The van der Waals surface area contributed by atoms with Crippen molar-refractivity contribution in [3.63, 3.8) is 0 Å². The zero-order valence-electron chi connectivity index (χ0n) is 10.1. The Bertz CT molecular complexity index is 452. The molecule has 0 spiro atoms. The summed E-state index contributed by atoms with van der Waals surface area (Å²) in [6.07, 6.45) is 1.97. The van der Waals surface area contributed by atoms with Gasteiger partial charge in [0.2, 0.25) is 11.8 Å². The van der Waals surface area contributed by atoms with Gasteiger partial charge in [-0.15, -0.1) is 0 Å². The summed E-state index contributed by atoms with van der Waals surface area (Å²) < 4.78 is 0. The molecule has 0 saturated heterocycles. The van der Waals surface area contributed by atoms with Gasteiger partial charge in [0, 0.05) is 31.3 Å². The molecular weight excluding hydrogens is 216 g/mol. The Labute approximate surface area is 101 Å². The average molecular weight is 232 g/mol. The number of nitrogens with zero attached hydrogens (tertiary/aromatic N) is 1. The minimum Gasteiger partial charge on any atom is -0.326 e. The molecule has 90 valence electrons. The lowest BCUT2D eigenvalue weighted by Gasteiger charge is -2.16. The summed E-state index contributed by atoms with van der Waals surface area (Å²) in [7, 11) is 1.71. The van der Waals surface area contributed by atoms with Gasteiger partial charge in [0.25, 0.3) is 0 Å². The minimum atomic E-state index is -0.0318. The summed E-state index contributed by atoms with van der Waals surface area (Å²) in [5.41, 5.74) is 1.53. The highest BCUT2D eigenvalue weighted by Gasteiger charge is 2.29. The van der Waals surface area contributed by atoms with Crippen LogP contribution in [0.2, 0.25) is 0 Å². The fourth-order valence-electron chi connectivity index (χ4n) is 1.56. The molecule has 1 fully saturated rings. The molecule has 0 aliphatic heterocycles.